The molecule has 0 N–H and O–H groups in total. The molecule has 0 aromatic carbocycles. The van der Waals surface area contributed by atoms with Crippen molar-refractivity contribution in [1.29, 1.82) is 0 Å². The average Bonchev–Trinajstić information content (AvgIpc) is 2.89. The van der Waals surface area contributed by atoms with Crippen molar-refractivity contribution in [3.63, 3.8) is 0 Å². The smallest absolute Gasteiger partial charge is 0.386 e. The van der Waals surface area contributed by atoms with Crippen LogP contribution >= 0.6 is 0 Å². The van der Waals surface area contributed by atoms with Gasteiger partial charge in [-0.1, -0.05) is 0 Å². The Balaban J connectivity index is 2.12. The number of fused-ring (bicyclic) bond motifs is 3. The van der Waals surface area contributed by atoms with Gasteiger partial charge in [-0.05, 0) is 62.3 Å². The zero-order valence-electron chi connectivity index (χ0n) is 13.8. The Kier molecular flexibility index (Phi) is 2.69. The van der Waals surface area contributed by atoms with Crippen molar-refractivity contribution in [3.05, 3.63) is 46.0 Å². The number of hydrazine groups is 1. The van der Waals surface area contributed by atoms with Gasteiger partial charge in [-0.15, -0.1) is 9.19 Å². The molecule has 4 heterocycles. The van der Waals surface area contributed by atoms with Crippen LogP contribution in [-0.4, -0.2) is 44.5 Å². The second-order valence-corrected chi connectivity index (χ2v) is 6.64. The van der Waals surface area contributed by atoms with E-state index in [9.17, 15) is 0 Å². The van der Waals surface area contributed by atoms with E-state index in [-0.39, 0.29) is 11.4 Å². The normalized spacial score (nSPS) is 20.0. The van der Waals surface area contributed by atoms with Gasteiger partial charge in [-0.3, -0.25) is 0 Å². The van der Waals surface area contributed by atoms with Gasteiger partial charge in [0.25, 0.3) is 0 Å². The van der Waals surface area contributed by atoms with Gasteiger partial charge in [0, 0.05) is 0 Å². The van der Waals surface area contributed by atoms with Crippen LogP contribution < -0.4 is 0 Å². The van der Waals surface area contributed by atoms with E-state index in [4.69, 9.17) is 0 Å². The monoisotopic (exact) mass is 338 g/mol. The summed E-state index contributed by atoms with van der Waals surface area (Å²) in [6.45, 7) is -2.40. The van der Waals surface area contributed by atoms with Crippen LogP contribution in [0, 0.1) is 27.7 Å². The Hall–Kier alpha value is -2.25. The number of halogens is 4. The van der Waals surface area contributed by atoms with Crippen molar-refractivity contribution in [2.75, 3.05) is 0 Å². The van der Waals surface area contributed by atoms with Gasteiger partial charge < -0.3 is 26.2 Å². The molecule has 2 aliphatic rings. The zero-order chi connectivity index (χ0) is 17.6. The van der Waals surface area contributed by atoms with E-state index in [0.717, 1.165) is 21.4 Å². The third-order valence-corrected chi connectivity index (χ3v) is 4.97. The first-order valence-electron chi connectivity index (χ1n) is 7.75. The molecule has 126 valence electrons. The molecule has 4 rings (SSSR count). The van der Waals surface area contributed by atoms with Gasteiger partial charge in [0.05, 0.1) is 11.4 Å². The first-order chi connectivity index (χ1) is 11.1. The van der Waals surface area contributed by atoms with Crippen LogP contribution in [0.3, 0.4) is 0 Å². The zero-order valence-corrected chi connectivity index (χ0v) is 13.8. The highest BCUT2D eigenvalue weighted by molar-refractivity contribution is 6.61. The third-order valence-electron chi connectivity index (χ3n) is 4.97. The lowest BCUT2D eigenvalue weighted by Crippen LogP contribution is -2.66. The lowest BCUT2D eigenvalue weighted by molar-refractivity contribution is -1.01. The van der Waals surface area contributed by atoms with Crippen molar-refractivity contribution in [3.8, 4) is 0 Å². The predicted molar refractivity (Wildman–Crippen MR) is 85.4 cm³/mol. The number of rotatable bonds is 0. The minimum atomic E-state index is -4.40. The molecular weight excluding hydrogens is 322 g/mol. The van der Waals surface area contributed by atoms with Gasteiger partial charge in [-0.2, -0.15) is 0 Å². The molecule has 4 nitrogen and oxygen atoms in total. The number of aryl methyl sites for hydroxylation is 4. The van der Waals surface area contributed by atoms with Gasteiger partial charge >= 0.3 is 13.9 Å². The van der Waals surface area contributed by atoms with Crippen molar-refractivity contribution >= 4 is 26.4 Å². The van der Waals surface area contributed by atoms with Crippen molar-refractivity contribution in [2.24, 2.45) is 0 Å². The quantitative estimate of drug-likeness (QED) is 0.518. The first-order valence-corrected chi connectivity index (χ1v) is 7.75. The Bertz CT molecular complexity index is 890. The van der Waals surface area contributed by atoms with Crippen LogP contribution in [0.25, 0.3) is 0 Å². The van der Waals surface area contributed by atoms with E-state index >= 15 is 17.3 Å². The number of hydrogen-bond donors (Lipinski definition) is 0. The Morgan fingerprint density at radius 3 is 1.38 bits per heavy atom. The standard InChI is InChI=1S/C14H16B2F4N4/c1-9-5-11(3)23-13(9)7-21-16(19,20)24-12(4)6-10(2)14(24)8-22(21)15(23,17)18/h5-8H,1-4H3. The molecule has 0 spiro atoms. The summed E-state index contributed by atoms with van der Waals surface area (Å²) in [7, 11) is 0. The van der Waals surface area contributed by atoms with Gasteiger partial charge in [0.1, 0.15) is 0 Å². The molecule has 2 aromatic rings. The van der Waals surface area contributed by atoms with E-state index in [1.807, 2.05) is 0 Å². The summed E-state index contributed by atoms with van der Waals surface area (Å²) in [5.74, 6) is 0. The van der Waals surface area contributed by atoms with E-state index < -0.39 is 13.9 Å². The fraction of sp³-hybridized carbons (Fsp3) is 0.286. The largest absolute Gasteiger partial charge is 0.789 e. The average molecular weight is 338 g/mol. The third kappa shape index (κ3) is 1.61. The highest BCUT2D eigenvalue weighted by Gasteiger charge is 2.64. The van der Waals surface area contributed by atoms with Crippen LogP contribution in [0.2, 0.25) is 0 Å². The maximum atomic E-state index is 15.1. The molecule has 0 unspecified atom stereocenters. The molecule has 2 aromatic heterocycles. The maximum Gasteiger partial charge on any atom is 0.789 e. The van der Waals surface area contributed by atoms with E-state index in [1.54, 1.807) is 39.8 Å². The molecule has 0 atom stereocenters. The molecule has 0 amide bonds. The lowest BCUT2D eigenvalue weighted by atomic mass is 9.88. The fourth-order valence-corrected chi connectivity index (χ4v) is 3.95. The maximum absolute atomic E-state index is 15.1. The molecule has 10 heteroatoms. The van der Waals surface area contributed by atoms with Crippen molar-refractivity contribution in [2.45, 2.75) is 27.7 Å². The van der Waals surface area contributed by atoms with Crippen LogP contribution in [-0.2, 0) is 0 Å². The second kappa shape index (κ2) is 4.23. The molecular formula is C14H16B2F4N4. The summed E-state index contributed by atoms with van der Waals surface area (Å²) >= 11 is 0. The Labute approximate surface area is 136 Å². The number of hydrogen-bond acceptors (Lipinski definition) is 0. The SMILES string of the molecule is Cc1cc(C)n2c1C=[N+]1[N+](=Cc3c(C)cc(C)n3[B-]1(F)F)[B-]2(F)F. The molecule has 0 saturated heterocycles. The molecule has 0 bridgehead atoms. The predicted octanol–water partition coefficient (Wildman–Crippen LogP) is 2.47. The highest BCUT2D eigenvalue weighted by Crippen LogP contribution is 2.32. The van der Waals surface area contributed by atoms with E-state index in [1.165, 1.54) is 0 Å². The second-order valence-electron chi connectivity index (χ2n) is 6.64. The van der Waals surface area contributed by atoms with Crippen LogP contribution in [0.1, 0.15) is 33.9 Å². The molecule has 2 aliphatic heterocycles. The highest BCUT2D eigenvalue weighted by atomic mass is 19.3. The Morgan fingerprint density at radius 1 is 0.708 bits per heavy atom. The Morgan fingerprint density at radius 2 is 1.04 bits per heavy atom. The summed E-state index contributed by atoms with van der Waals surface area (Å²) in [4.78, 5) is 0. The van der Waals surface area contributed by atoms with Gasteiger partial charge in [0.15, 0.2) is 12.4 Å². The van der Waals surface area contributed by atoms with Crippen molar-refractivity contribution in [1.82, 2.24) is 8.96 Å². The summed E-state index contributed by atoms with van der Waals surface area (Å²) in [6.07, 6.45) is 2.24. The molecule has 0 saturated carbocycles. The van der Waals surface area contributed by atoms with E-state index in [0.29, 0.717) is 31.7 Å². The summed E-state index contributed by atoms with van der Waals surface area (Å²) in [6, 6.07) is 3.17. The number of nitrogens with zero attached hydrogens (tertiary/aromatic N) is 4. The van der Waals surface area contributed by atoms with Crippen LogP contribution in [0.15, 0.2) is 12.1 Å². The van der Waals surface area contributed by atoms with Gasteiger partial charge in [0.2, 0.25) is 0 Å². The van der Waals surface area contributed by atoms with Crippen LogP contribution in [0.4, 0.5) is 17.3 Å². The molecule has 0 fully saturated rings. The molecule has 0 radical (unpaired) electrons. The minimum Gasteiger partial charge on any atom is -0.386 e. The molecule has 24 heavy (non-hydrogen) atoms. The first kappa shape index (κ1) is 15.3. The summed E-state index contributed by atoms with van der Waals surface area (Å²) < 4.78 is 63.0. The molecule has 0 aliphatic carbocycles. The number of hydrazone groups is 2. The van der Waals surface area contributed by atoms with Crippen LogP contribution in [0.5, 0.6) is 0 Å². The summed E-state index contributed by atoms with van der Waals surface area (Å²) in [5, 5.41) is 0. The minimum absolute atomic E-state index is 0.119. The van der Waals surface area contributed by atoms with Gasteiger partial charge in [-0.25, -0.2) is 0 Å². The summed E-state index contributed by atoms with van der Waals surface area (Å²) in [5.41, 5.74) is 2.03. The van der Waals surface area contributed by atoms with E-state index in [2.05, 4.69) is 0 Å². The topological polar surface area (TPSA) is 15.9 Å². The number of aromatic nitrogens is 2. The lowest BCUT2D eigenvalue weighted by Gasteiger charge is -2.35. The van der Waals surface area contributed by atoms with Crippen molar-refractivity contribution < 1.29 is 26.5 Å². The fourth-order valence-electron chi connectivity index (χ4n) is 3.95.